The standard InChI is InChI=1S/C14H18N2O3/c1-15(2)10(17)5-6-16-13(18)11-8-3-4-9(7-8)12(11)14(16)19/h3-4,8-9,11-12H,5-7H2,1-2H3/t8-,9-,11-,12-/m0/s1. The van der Waals surface area contributed by atoms with Crippen molar-refractivity contribution in [2.45, 2.75) is 12.8 Å². The van der Waals surface area contributed by atoms with Crippen molar-refractivity contribution in [2.24, 2.45) is 23.7 Å². The molecule has 3 amide bonds. The normalized spacial score (nSPS) is 35.2. The van der Waals surface area contributed by atoms with Gasteiger partial charge in [-0.15, -0.1) is 0 Å². The van der Waals surface area contributed by atoms with Crippen LogP contribution in [0.1, 0.15) is 12.8 Å². The SMILES string of the molecule is CN(C)C(=O)CCN1C(=O)[C@@H]2[C@@H](C1=O)[C@H]1C=C[C@H]2C1. The molecule has 1 saturated carbocycles. The molecule has 5 nitrogen and oxygen atoms in total. The van der Waals surface area contributed by atoms with Gasteiger partial charge >= 0.3 is 0 Å². The largest absolute Gasteiger partial charge is 0.349 e. The van der Waals surface area contributed by atoms with Crippen LogP contribution in [0.3, 0.4) is 0 Å². The number of carbonyl (C=O) groups excluding carboxylic acids is 3. The molecular weight excluding hydrogens is 244 g/mol. The van der Waals surface area contributed by atoms with E-state index in [1.54, 1.807) is 14.1 Å². The Kier molecular flexibility index (Phi) is 2.73. The number of fused-ring (bicyclic) bond motifs is 5. The zero-order valence-electron chi connectivity index (χ0n) is 11.2. The molecule has 3 rings (SSSR count). The summed E-state index contributed by atoms with van der Waals surface area (Å²) >= 11 is 0. The lowest BCUT2D eigenvalue weighted by Crippen LogP contribution is -2.36. The van der Waals surface area contributed by atoms with E-state index in [1.807, 2.05) is 0 Å². The van der Waals surface area contributed by atoms with Crippen molar-refractivity contribution in [1.82, 2.24) is 9.80 Å². The third-order valence-electron chi connectivity index (χ3n) is 4.61. The molecule has 102 valence electrons. The summed E-state index contributed by atoms with van der Waals surface area (Å²) in [5.41, 5.74) is 0. The van der Waals surface area contributed by atoms with E-state index < -0.39 is 0 Å². The highest BCUT2D eigenvalue weighted by molar-refractivity contribution is 6.06. The minimum absolute atomic E-state index is 0.0567. The quantitative estimate of drug-likeness (QED) is 0.542. The Bertz CT molecular complexity index is 453. The van der Waals surface area contributed by atoms with E-state index in [9.17, 15) is 14.4 Å². The van der Waals surface area contributed by atoms with Crippen LogP contribution in [0.2, 0.25) is 0 Å². The lowest BCUT2D eigenvalue weighted by Gasteiger charge is -2.18. The van der Waals surface area contributed by atoms with Gasteiger partial charge in [0.25, 0.3) is 0 Å². The van der Waals surface area contributed by atoms with Crippen LogP contribution in [0.15, 0.2) is 12.2 Å². The lowest BCUT2D eigenvalue weighted by molar-refractivity contribution is -0.141. The Morgan fingerprint density at radius 3 is 2.21 bits per heavy atom. The molecular formula is C14H18N2O3. The average Bonchev–Trinajstić information content (AvgIpc) is 3.02. The summed E-state index contributed by atoms with van der Waals surface area (Å²) in [4.78, 5) is 39.0. The molecule has 0 unspecified atom stereocenters. The van der Waals surface area contributed by atoms with Crippen molar-refractivity contribution < 1.29 is 14.4 Å². The van der Waals surface area contributed by atoms with E-state index in [1.165, 1.54) is 9.80 Å². The first-order chi connectivity index (χ1) is 9.00. The first-order valence-corrected chi connectivity index (χ1v) is 6.74. The van der Waals surface area contributed by atoms with E-state index in [0.29, 0.717) is 0 Å². The minimum Gasteiger partial charge on any atom is -0.349 e. The molecule has 2 bridgehead atoms. The van der Waals surface area contributed by atoms with Gasteiger partial charge in [0.1, 0.15) is 0 Å². The maximum Gasteiger partial charge on any atom is 0.233 e. The first-order valence-electron chi connectivity index (χ1n) is 6.74. The fourth-order valence-corrected chi connectivity index (χ4v) is 3.62. The Hall–Kier alpha value is -1.65. The van der Waals surface area contributed by atoms with Gasteiger partial charge in [0.2, 0.25) is 17.7 Å². The van der Waals surface area contributed by atoms with Crippen LogP contribution in [0.5, 0.6) is 0 Å². The van der Waals surface area contributed by atoms with Gasteiger partial charge in [0.15, 0.2) is 0 Å². The van der Waals surface area contributed by atoms with E-state index in [2.05, 4.69) is 12.2 Å². The number of hydrogen-bond acceptors (Lipinski definition) is 3. The second kappa shape index (κ2) is 4.18. The maximum atomic E-state index is 12.3. The van der Waals surface area contributed by atoms with Crippen LogP contribution in [0, 0.1) is 23.7 Å². The van der Waals surface area contributed by atoms with Gasteiger partial charge in [0, 0.05) is 27.1 Å². The van der Waals surface area contributed by atoms with Gasteiger partial charge in [-0.1, -0.05) is 12.2 Å². The van der Waals surface area contributed by atoms with Crippen LogP contribution >= 0.6 is 0 Å². The fourth-order valence-electron chi connectivity index (χ4n) is 3.62. The number of hydrogen-bond donors (Lipinski definition) is 0. The molecule has 0 aromatic rings. The Labute approximate surface area is 112 Å². The van der Waals surface area contributed by atoms with Crippen molar-refractivity contribution in [2.75, 3.05) is 20.6 Å². The van der Waals surface area contributed by atoms with Gasteiger partial charge in [-0.3, -0.25) is 19.3 Å². The van der Waals surface area contributed by atoms with Crippen molar-refractivity contribution in [3.63, 3.8) is 0 Å². The maximum absolute atomic E-state index is 12.3. The summed E-state index contributed by atoms with van der Waals surface area (Å²) < 4.78 is 0. The topological polar surface area (TPSA) is 57.7 Å². The minimum atomic E-state index is -0.156. The monoisotopic (exact) mass is 262 g/mol. The van der Waals surface area contributed by atoms with Crippen LogP contribution in [-0.2, 0) is 14.4 Å². The van der Waals surface area contributed by atoms with E-state index >= 15 is 0 Å². The predicted octanol–water partition coefficient (Wildman–Crippen LogP) is 0.272. The summed E-state index contributed by atoms with van der Waals surface area (Å²) in [5, 5.41) is 0. The second-order valence-electron chi connectivity index (χ2n) is 5.87. The van der Waals surface area contributed by atoms with Gasteiger partial charge < -0.3 is 4.90 Å². The summed E-state index contributed by atoms with van der Waals surface area (Å²) in [6, 6.07) is 0. The highest BCUT2D eigenvalue weighted by Crippen LogP contribution is 2.52. The molecule has 2 aliphatic carbocycles. The molecule has 0 aromatic heterocycles. The average molecular weight is 262 g/mol. The second-order valence-corrected chi connectivity index (χ2v) is 5.87. The molecule has 0 aromatic carbocycles. The summed E-state index contributed by atoms with van der Waals surface area (Å²) in [6.07, 6.45) is 5.31. The van der Waals surface area contributed by atoms with Gasteiger partial charge in [-0.25, -0.2) is 0 Å². The lowest BCUT2D eigenvalue weighted by atomic mass is 9.85. The van der Waals surface area contributed by atoms with Gasteiger partial charge in [-0.2, -0.15) is 0 Å². The number of nitrogens with zero attached hydrogens (tertiary/aromatic N) is 2. The van der Waals surface area contributed by atoms with Crippen molar-refractivity contribution in [3.8, 4) is 0 Å². The number of imide groups is 1. The van der Waals surface area contributed by atoms with E-state index in [-0.39, 0.29) is 54.4 Å². The molecule has 0 N–H and O–H groups in total. The molecule has 0 radical (unpaired) electrons. The molecule has 1 heterocycles. The molecule has 3 aliphatic rings. The fraction of sp³-hybridized carbons (Fsp3) is 0.643. The number of amides is 3. The van der Waals surface area contributed by atoms with Crippen molar-refractivity contribution >= 4 is 17.7 Å². The Morgan fingerprint density at radius 2 is 1.74 bits per heavy atom. The Morgan fingerprint density at radius 1 is 1.21 bits per heavy atom. The van der Waals surface area contributed by atoms with Gasteiger partial charge in [0.05, 0.1) is 11.8 Å². The number of carbonyl (C=O) groups is 3. The molecule has 1 saturated heterocycles. The van der Waals surface area contributed by atoms with E-state index in [0.717, 1.165) is 6.42 Å². The number of likely N-dealkylation sites (tertiary alicyclic amines) is 1. The molecule has 1 aliphatic heterocycles. The molecule has 2 fully saturated rings. The van der Waals surface area contributed by atoms with Crippen molar-refractivity contribution in [3.05, 3.63) is 12.2 Å². The zero-order valence-corrected chi connectivity index (χ0v) is 11.2. The van der Waals surface area contributed by atoms with Crippen molar-refractivity contribution in [1.29, 1.82) is 0 Å². The highest BCUT2D eigenvalue weighted by Gasteiger charge is 2.58. The van der Waals surface area contributed by atoms with Crippen LogP contribution in [0.4, 0.5) is 0 Å². The number of rotatable bonds is 3. The summed E-state index contributed by atoms with van der Waals surface area (Å²) in [6.45, 7) is 0.223. The third kappa shape index (κ3) is 1.71. The number of allylic oxidation sites excluding steroid dienone is 2. The molecule has 4 atom stereocenters. The highest BCUT2D eigenvalue weighted by atomic mass is 16.2. The Balaban J connectivity index is 1.71. The smallest absolute Gasteiger partial charge is 0.233 e. The first kappa shape index (κ1) is 12.4. The predicted molar refractivity (Wildman–Crippen MR) is 67.7 cm³/mol. The molecule has 19 heavy (non-hydrogen) atoms. The van der Waals surface area contributed by atoms with E-state index in [4.69, 9.17) is 0 Å². The third-order valence-corrected chi connectivity index (χ3v) is 4.61. The van der Waals surface area contributed by atoms with Crippen LogP contribution < -0.4 is 0 Å². The zero-order chi connectivity index (χ0) is 13.7. The van der Waals surface area contributed by atoms with Crippen LogP contribution in [0.25, 0.3) is 0 Å². The summed E-state index contributed by atoms with van der Waals surface area (Å²) in [7, 11) is 3.35. The van der Waals surface area contributed by atoms with Gasteiger partial charge in [-0.05, 0) is 18.3 Å². The van der Waals surface area contributed by atoms with Crippen LogP contribution in [-0.4, -0.2) is 48.2 Å². The molecule has 0 spiro atoms. The summed E-state index contributed by atoms with van der Waals surface area (Å²) in [5.74, 6) is -0.0357. The molecule has 5 heteroatoms.